The van der Waals surface area contributed by atoms with Crippen LogP contribution in [-0.2, 0) is 30.4 Å². The minimum Gasteiger partial charge on any atom is -0.480 e. The van der Waals surface area contributed by atoms with Crippen molar-refractivity contribution in [3.8, 4) is 0 Å². The maximum atomic E-state index is 13.0. The molecule has 0 aliphatic rings. The third-order valence-corrected chi connectivity index (χ3v) is 5.27. The van der Waals surface area contributed by atoms with Gasteiger partial charge in [-0.3, -0.25) is 19.2 Å². The van der Waals surface area contributed by atoms with Crippen LogP contribution in [0, 0.1) is 5.92 Å². The van der Waals surface area contributed by atoms with Gasteiger partial charge in [0.2, 0.25) is 23.6 Å². The number of hydrogen-bond donors (Lipinski definition) is 8. The Bertz CT molecular complexity index is 876. The lowest BCUT2D eigenvalue weighted by Gasteiger charge is -2.25. The summed E-state index contributed by atoms with van der Waals surface area (Å²) in [6.07, 6.45) is 3.95. The zero-order valence-corrected chi connectivity index (χ0v) is 20.7. The summed E-state index contributed by atoms with van der Waals surface area (Å²) < 4.78 is 0. The van der Waals surface area contributed by atoms with Crippen LogP contribution < -0.4 is 33.2 Å². The number of H-pyrrole nitrogens is 1. The predicted molar refractivity (Wildman–Crippen MR) is 130 cm³/mol. The fourth-order valence-electron chi connectivity index (χ4n) is 3.41. The SMILES string of the molecule is CC(C)CC(NC(=O)C(N)Cc1cnc[nH]1)C(=O)NC(CC(N)=O)C(=O)NC(CCCCN)C(=O)O. The summed E-state index contributed by atoms with van der Waals surface area (Å²) in [5.41, 5.74) is 17.3. The molecule has 4 unspecified atom stereocenters. The number of carbonyl (C=O) groups excluding carboxylic acids is 4. The van der Waals surface area contributed by atoms with E-state index in [0.29, 0.717) is 25.1 Å². The van der Waals surface area contributed by atoms with E-state index in [1.165, 1.54) is 12.5 Å². The molecular weight excluding hydrogens is 472 g/mol. The number of carbonyl (C=O) groups is 5. The number of rotatable bonds is 17. The number of aliphatic carboxylic acids is 1. The van der Waals surface area contributed by atoms with Crippen LogP contribution >= 0.6 is 0 Å². The Kier molecular flexibility index (Phi) is 13.1. The molecule has 0 fully saturated rings. The smallest absolute Gasteiger partial charge is 0.326 e. The van der Waals surface area contributed by atoms with Crippen molar-refractivity contribution >= 4 is 29.6 Å². The molecule has 0 spiro atoms. The second kappa shape index (κ2) is 15.5. The van der Waals surface area contributed by atoms with E-state index >= 15 is 0 Å². The fourth-order valence-corrected chi connectivity index (χ4v) is 3.41. The Morgan fingerprint density at radius 1 is 1.00 bits per heavy atom. The summed E-state index contributed by atoms with van der Waals surface area (Å²) >= 11 is 0. The molecule has 11 N–H and O–H groups in total. The Labute approximate surface area is 209 Å². The number of nitrogens with one attached hydrogen (secondary N) is 4. The number of carboxylic acid groups (broad SMARTS) is 1. The largest absolute Gasteiger partial charge is 0.480 e. The van der Waals surface area contributed by atoms with E-state index in [4.69, 9.17) is 17.2 Å². The highest BCUT2D eigenvalue weighted by atomic mass is 16.4. The molecule has 0 radical (unpaired) electrons. The van der Waals surface area contributed by atoms with Gasteiger partial charge in [0.25, 0.3) is 0 Å². The first kappa shape index (κ1) is 30.5. The lowest BCUT2D eigenvalue weighted by Crippen LogP contribution is -2.58. The molecule has 4 atom stereocenters. The van der Waals surface area contributed by atoms with Crippen molar-refractivity contribution in [1.82, 2.24) is 25.9 Å². The van der Waals surface area contributed by atoms with Gasteiger partial charge in [0.05, 0.1) is 18.8 Å². The third kappa shape index (κ3) is 11.3. The first-order valence-electron chi connectivity index (χ1n) is 11.8. The summed E-state index contributed by atoms with van der Waals surface area (Å²) in [5.74, 6) is -4.37. The average Bonchev–Trinajstić information content (AvgIpc) is 3.29. The molecule has 14 heteroatoms. The Balaban J connectivity index is 2.92. The Hall–Kier alpha value is -3.52. The molecule has 14 nitrogen and oxygen atoms in total. The third-order valence-electron chi connectivity index (χ3n) is 5.27. The van der Waals surface area contributed by atoms with Crippen LogP contribution in [0.5, 0.6) is 0 Å². The lowest BCUT2D eigenvalue weighted by atomic mass is 10.0. The molecule has 1 aromatic heterocycles. The molecule has 1 heterocycles. The van der Waals surface area contributed by atoms with Crippen molar-refractivity contribution in [3.05, 3.63) is 18.2 Å². The van der Waals surface area contributed by atoms with Gasteiger partial charge in [0.1, 0.15) is 18.1 Å². The maximum Gasteiger partial charge on any atom is 0.326 e. The molecule has 1 rings (SSSR count). The van der Waals surface area contributed by atoms with Gasteiger partial charge in [0.15, 0.2) is 0 Å². The minimum atomic E-state index is -1.43. The van der Waals surface area contributed by atoms with E-state index in [2.05, 4.69) is 25.9 Å². The molecule has 0 aliphatic heterocycles. The lowest BCUT2D eigenvalue weighted by molar-refractivity contribution is -0.142. The van der Waals surface area contributed by atoms with Crippen LogP contribution in [-0.4, -0.2) is 75.4 Å². The number of amides is 4. The summed E-state index contributed by atoms with van der Waals surface area (Å²) in [6, 6.07) is -4.70. The molecule has 0 aliphatic carbocycles. The zero-order chi connectivity index (χ0) is 27.3. The van der Waals surface area contributed by atoms with Crippen LogP contribution in [0.4, 0.5) is 0 Å². The highest BCUT2D eigenvalue weighted by molar-refractivity contribution is 5.96. The first-order valence-corrected chi connectivity index (χ1v) is 11.8. The van der Waals surface area contributed by atoms with E-state index in [9.17, 15) is 29.1 Å². The molecule has 0 bridgehead atoms. The number of hydrogen-bond acceptors (Lipinski definition) is 8. The monoisotopic (exact) mass is 510 g/mol. The second-order valence-corrected chi connectivity index (χ2v) is 8.99. The van der Waals surface area contributed by atoms with Gasteiger partial charge in [-0.2, -0.15) is 0 Å². The first-order chi connectivity index (χ1) is 16.9. The highest BCUT2D eigenvalue weighted by Crippen LogP contribution is 2.08. The molecule has 1 aromatic rings. The molecule has 0 aromatic carbocycles. The van der Waals surface area contributed by atoms with Crippen LogP contribution in [0.1, 0.15) is 51.6 Å². The van der Waals surface area contributed by atoms with Gasteiger partial charge in [-0.15, -0.1) is 0 Å². The number of nitrogens with two attached hydrogens (primary N) is 3. The standard InChI is InChI=1S/C22H38N8O6/c1-12(2)7-16(29-19(32)14(24)8-13-10-26-11-27-13)20(33)30-17(9-18(25)31)21(34)28-15(22(35)36)5-3-4-6-23/h10-12,14-17H,3-9,23-24H2,1-2H3,(H2,25,31)(H,26,27)(H,28,34)(H,29,32)(H,30,33)(H,35,36). The van der Waals surface area contributed by atoms with Crippen molar-refractivity contribution in [1.29, 1.82) is 0 Å². The molecule has 36 heavy (non-hydrogen) atoms. The van der Waals surface area contributed by atoms with Crippen molar-refractivity contribution < 1.29 is 29.1 Å². The summed E-state index contributed by atoms with van der Waals surface area (Å²) in [7, 11) is 0. The summed E-state index contributed by atoms with van der Waals surface area (Å²) in [4.78, 5) is 68.2. The summed E-state index contributed by atoms with van der Waals surface area (Å²) in [5, 5.41) is 16.7. The number of imidazole rings is 1. The fraction of sp³-hybridized carbons (Fsp3) is 0.636. The van der Waals surface area contributed by atoms with E-state index in [1.807, 2.05) is 13.8 Å². The van der Waals surface area contributed by atoms with E-state index in [0.717, 1.165) is 0 Å². The molecule has 4 amide bonds. The Morgan fingerprint density at radius 2 is 1.61 bits per heavy atom. The van der Waals surface area contributed by atoms with E-state index in [1.54, 1.807) is 0 Å². The minimum absolute atomic E-state index is 0.0211. The normalized spacial score (nSPS) is 14.4. The molecule has 202 valence electrons. The average molecular weight is 511 g/mol. The van der Waals surface area contributed by atoms with Gasteiger partial charge in [-0.25, -0.2) is 9.78 Å². The quantitative estimate of drug-likeness (QED) is 0.106. The van der Waals surface area contributed by atoms with Crippen LogP contribution in [0.2, 0.25) is 0 Å². The maximum absolute atomic E-state index is 13.0. The number of primary amides is 1. The molecular formula is C22H38N8O6. The molecule has 0 saturated carbocycles. The van der Waals surface area contributed by atoms with E-state index < -0.39 is 60.2 Å². The number of unbranched alkanes of at least 4 members (excludes halogenated alkanes) is 1. The number of aromatic nitrogens is 2. The zero-order valence-electron chi connectivity index (χ0n) is 20.7. The van der Waals surface area contributed by atoms with Crippen molar-refractivity contribution in [2.75, 3.05) is 6.54 Å². The predicted octanol–water partition coefficient (Wildman–Crippen LogP) is -2.13. The van der Waals surface area contributed by atoms with Crippen LogP contribution in [0.15, 0.2) is 12.5 Å². The van der Waals surface area contributed by atoms with E-state index in [-0.39, 0.29) is 25.2 Å². The van der Waals surface area contributed by atoms with Gasteiger partial charge >= 0.3 is 5.97 Å². The van der Waals surface area contributed by atoms with Gasteiger partial charge in [-0.1, -0.05) is 13.8 Å². The highest BCUT2D eigenvalue weighted by Gasteiger charge is 2.31. The van der Waals surface area contributed by atoms with Crippen LogP contribution in [0.3, 0.4) is 0 Å². The van der Waals surface area contributed by atoms with Crippen molar-refractivity contribution in [2.45, 2.75) is 76.5 Å². The number of carboxylic acids is 1. The number of aromatic amines is 1. The second-order valence-electron chi connectivity index (χ2n) is 8.99. The topological polar surface area (TPSA) is 248 Å². The number of nitrogens with zero attached hydrogens (tertiary/aromatic N) is 1. The van der Waals surface area contributed by atoms with Gasteiger partial charge in [-0.05, 0) is 38.1 Å². The van der Waals surface area contributed by atoms with Crippen molar-refractivity contribution in [3.63, 3.8) is 0 Å². The summed E-state index contributed by atoms with van der Waals surface area (Å²) in [6.45, 7) is 4.04. The van der Waals surface area contributed by atoms with Gasteiger partial charge < -0.3 is 43.2 Å². The van der Waals surface area contributed by atoms with Gasteiger partial charge in [0, 0.05) is 18.3 Å². The Morgan fingerprint density at radius 3 is 2.14 bits per heavy atom. The molecule has 0 saturated heterocycles. The van der Waals surface area contributed by atoms with Crippen molar-refractivity contribution in [2.24, 2.45) is 23.1 Å². The van der Waals surface area contributed by atoms with Crippen LogP contribution in [0.25, 0.3) is 0 Å².